The van der Waals surface area contributed by atoms with Crippen molar-refractivity contribution in [3.8, 4) is 22.1 Å². The molecular formula is C26H30N4O4S. The maximum absolute atomic E-state index is 13.9. The van der Waals surface area contributed by atoms with E-state index in [1.165, 1.54) is 0 Å². The summed E-state index contributed by atoms with van der Waals surface area (Å²) in [4.78, 5) is 30.3. The molecule has 0 bridgehead atoms. The summed E-state index contributed by atoms with van der Waals surface area (Å²) in [5.41, 5.74) is 0.905. The van der Waals surface area contributed by atoms with Gasteiger partial charge in [0, 0.05) is 17.7 Å². The molecule has 35 heavy (non-hydrogen) atoms. The van der Waals surface area contributed by atoms with E-state index in [1.54, 1.807) is 41.2 Å². The molecule has 0 unspecified atom stereocenters. The summed E-state index contributed by atoms with van der Waals surface area (Å²) in [7, 11) is 3.18. The van der Waals surface area contributed by atoms with Crippen LogP contribution < -0.4 is 14.8 Å². The van der Waals surface area contributed by atoms with E-state index in [0.717, 1.165) is 41.8 Å². The van der Waals surface area contributed by atoms with Crippen molar-refractivity contribution in [3.63, 3.8) is 0 Å². The number of benzene rings is 1. The highest BCUT2D eigenvalue weighted by molar-refractivity contribution is 7.13. The molecule has 3 aromatic rings. The van der Waals surface area contributed by atoms with E-state index in [9.17, 15) is 9.59 Å². The van der Waals surface area contributed by atoms with Crippen LogP contribution in [0.25, 0.3) is 10.6 Å². The van der Waals surface area contributed by atoms with Gasteiger partial charge in [0.2, 0.25) is 5.91 Å². The zero-order chi connectivity index (χ0) is 24.6. The normalized spacial score (nSPS) is 20.1. The summed E-state index contributed by atoms with van der Waals surface area (Å²) in [6.07, 6.45) is 4.16. The van der Waals surface area contributed by atoms with Crippen molar-refractivity contribution >= 4 is 23.2 Å². The zero-order valence-electron chi connectivity index (χ0n) is 20.2. The summed E-state index contributed by atoms with van der Waals surface area (Å²) in [5, 5.41) is 9.91. The second-order valence-electron chi connectivity index (χ2n) is 9.35. The van der Waals surface area contributed by atoms with Crippen molar-refractivity contribution in [1.29, 1.82) is 0 Å². The molecule has 1 N–H and O–H groups in total. The van der Waals surface area contributed by atoms with E-state index >= 15 is 0 Å². The Bertz CT molecular complexity index is 1230. The number of hydrogen-bond donors (Lipinski definition) is 1. The van der Waals surface area contributed by atoms with Crippen LogP contribution >= 0.6 is 11.3 Å². The third kappa shape index (κ3) is 4.29. The van der Waals surface area contributed by atoms with Crippen LogP contribution in [0, 0.1) is 0 Å². The maximum Gasteiger partial charge on any atom is 0.273 e. The molecule has 1 aromatic carbocycles. The highest BCUT2D eigenvalue weighted by atomic mass is 32.1. The van der Waals surface area contributed by atoms with Gasteiger partial charge in [-0.3, -0.25) is 14.3 Å². The van der Waals surface area contributed by atoms with Crippen LogP contribution in [-0.4, -0.2) is 52.3 Å². The average Bonchev–Trinajstić information content (AvgIpc) is 3.63. The number of nitrogens with zero attached hydrogens (tertiary/aromatic N) is 3. The maximum atomic E-state index is 13.9. The SMILES string of the molecule is COc1ccc(CN2C(=O)c3cc(-c4cccs4)nn3C[C@@]2(C)C(=O)NC2CCCC2)c(OC)c1. The van der Waals surface area contributed by atoms with Crippen molar-refractivity contribution < 1.29 is 19.1 Å². The fraction of sp³-hybridized carbons (Fsp3) is 0.423. The van der Waals surface area contributed by atoms with Gasteiger partial charge >= 0.3 is 0 Å². The first kappa shape index (κ1) is 23.4. The Morgan fingerprint density at radius 3 is 2.69 bits per heavy atom. The Morgan fingerprint density at radius 2 is 2.00 bits per heavy atom. The molecule has 2 aliphatic rings. The Morgan fingerprint density at radius 1 is 1.20 bits per heavy atom. The predicted octanol–water partition coefficient (Wildman–Crippen LogP) is 4.10. The van der Waals surface area contributed by atoms with Gasteiger partial charge in [0.25, 0.3) is 5.91 Å². The van der Waals surface area contributed by atoms with Crippen molar-refractivity contribution in [1.82, 2.24) is 20.0 Å². The Hall–Kier alpha value is -3.33. The summed E-state index contributed by atoms with van der Waals surface area (Å²) in [6.45, 7) is 2.33. The van der Waals surface area contributed by atoms with Crippen LogP contribution in [0.5, 0.6) is 11.5 Å². The molecule has 5 rings (SSSR count). The first-order valence-electron chi connectivity index (χ1n) is 11.9. The number of hydrogen-bond acceptors (Lipinski definition) is 6. The number of fused-ring (bicyclic) bond motifs is 1. The van der Waals surface area contributed by atoms with E-state index in [-0.39, 0.29) is 30.9 Å². The molecule has 2 aromatic heterocycles. The number of rotatable bonds is 7. The Labute approximate surface area is 208 Å². The number of amides is 2. The summed E-state index contributed by atoms with van der Waals surface area (Å²) in [5.74, 6) is 0.891. The van der Waals surface area contributed by atoms with Crippen molar-refractivity contribution in [2.45, 2.75) is 57.3 Å². The quantitative estimate of drug-likeness (QED) is 0.535. The number of carbonyl (C=O) groups excluding carboxylic acids is 2. The first-order valence-corrected chi connectivity index (χ1v) is 12.8. The molecule has 0 radical (unpaired) electrons. The Balaban J connectivity index is 1.53. The lowest BCUT2D eigenvalue weighted by Gasteiger charge is -2.43. The van der Waals surface area contributed by atoms with Crippen molar-refractivity contribution in [3.05, 3.63) is 53.0 Å². The second-order valence-corrected chi connectivity index (χ2v) is 10.3. The highest BCUT2D eigenvalue weighted by Gasteiger charge is 2.48. The molecule has 8 nitrogen and oxygen atoms in total. The van der Waals surface area contributed by atoms with Crippen LogP contribution in [-0.2, 0) is 17.9 Å². The van der Waals surface area contributed by atoms with Crippen LogP contribution in [0.4, 0.5) is 0 Å². The number of methoxy groups -OCH3 is 2. The molecule has 184 valence electrons. The summed E-state index contributed by atoms with van der Waals surface area (Å²) >= 11 is 1.57. The molecule has 1 fully saturated rings. The van der Waals surface area contributed by atoms with Gasteiger partial charge in [-0.2, -0.15) is 5.10 Å². The van der Waals surface area contributed by atoms with E-state index in [0.29, 0.717) is 17.2 Å². The lowest BCUT2D eigenvalue weighted by molar-refractivity contribution is -0.134. The van der Waals surface area contributed by atoms with Crippen molar-refractivity contribution in [2.24, 2.45) is 0 Å². The third-order valence-corrected chi connectivity index (χ3v) is 7.97. The number of ether oxygens (including phenoxy) is 2. The van der Waals surface area contributed by atoms with Crippen LogP contribution in [0.15, 0.2) is 41.8 Å². The minimum Gasteiger partial charge on any atom is -0.497 e. The molecular weight excluding hydrogens is 464 g/mol. The van der Waals surface area contributed by atoms with E-state index in [1.807, 2.05) is 42.6 Å². The van der Waals surface area contributed by atoms with Gasteiger partial charge in [-0.25, -0.2) is 0 Å². The molecule has 0 saturated heterocycles. The number of aromatic nitrogens is 2. The predicted molar refractivity (Wildman–Crippen MR) is 134 cm³/mol. The zero-order valence-corrected chi connectivity index (χ0v) is 21.1. The monoisotopic (exact) mass is 494 g/mol. The van der Waals surface area contributed by atoms with Gasteiger partial charge in [-0.1, -0.05) is 18.9 Å². The van der Waals surface area contributed by atoms with Crippen LogP contribution in [0.1, 0.15) is 48.7 Å². The van der Waals surface area contributed by atoms with E-state index < -0.39 is 5.54 Å². The molecule has 1 aliphatic carbocycles. The van der Waals surface area contributed by atoms with Gasteiger partial charge in [-0.05, 0) is 49.4 Å². The molecule has 3 heterocycles. The fourth-order valence-electron chi connectivity index (χ4n) is 5.00. The number of thiophene rings is 1. The first-order chi connectivity index (χ1) is 16.9. The average molecular weight is 495 g/mol. The molecule has 9 heteroatoms. The van der Waals surface area contributed by atoms with Crippen molar-refractivity contribution in [2.75, 3.05) is 14.2 Å². The summed E-state index contributed by atoms with van der Waals surface area (Å²) in [6, 6.07) is 11.4. The van der Waals surface area contributed by atoms with Gasteiger partial charge in [0.15, 0.2) is 0 Å². The van der Waals surface area contributed by atoms with Gasteiger partial charge < -0.3 is 19.7 Å². The fourth-order valence-corrected chi connectivity index (χ4v) is 5.68. The summed E-state index contributed by atoms with van der Waals surface area (Å²) < 4.78 is 12.6. The van der Waals surface area contributed by atoms with Crippen LogP contribution in [0.2, 0.25) is 0 Å². The second kappa shape index (κ2) is 9.37. The topological polar surface area (TPSA) is 85.7 Å². The number of carbonyl (C=O) groups is 2. The lowest BCUT2D eigenvalue weighted by atomic mass is 9.93. The lowest BCUT2D eigenvalue weighted by Crippen LogP contribution is -2.64. The standard InChI is InChI=1S/C26H30N4O4S/c1-26(25(32)27-18-7-4-5-8-18)16-30-21(14-20(28-30)23-9-6-12-35-23)24(31)29(26)15-17-10-11-19(33-2)13-22(17)34-3/h6,9-14,18H,4-5,7-8,15-16H2,1-3H3,(H,27,32)/t26-/m0/s1. The van der Waals surface area contributed by atoms with E-state index in [4.69, 9.17) is 14.6 Å². The Kier molecular flexibility index (Phi) is 6.27. The highest BCUT2D eigenvalue weighted by Crippen LogP contribution is 2.35. The smallest absolute Gasteiger partial charge is 0.273 e. The van der Waals surface area contributed by atoms with Gasteiger partial charge in [0.1, 0.15) is 28.4 Å². The molecule has 1 atom stereocenters. The molecule has 1 saturated carbocycles. The minimum absolute atomic E-state index is 0.146. The third-order valence-electron chi connectivity index (χ3n) is 7.07. The molecule has 1 aliphatic heterocycles. The largest absolute Gasteiger partial charge is 0.497 e. The molecule has 2 amide bonds. The number of nitrogens with one attached hydrogen (secondary N) is 1. The minimum atomic E-state index is -1.11. The van der Waals surface area contributed by atoms with Gasteiger partial charge in [0.05, 0.1) is 32.2 Å². The van der Waals surface area contributed by atoms with Gasteiger partial charge in [-0.15, -0.1) is 11.3 Å². The van der Waals surface area contributed by atoms with Crippen LogP contribution in [0.3, 0.4) is 0 Å². The molecule has 0 spiro atoms. The van der Waals surface area contributed by atoms with E-state index in [2.05, 4.69) is 5.32 Å².